The Kier molecular flexibility index (Phi) is 6.01. The SMILES string of the molecule is CN(Cc1cccs1)C(=O)CCNC(=O)OC(C)(C)C. The maximum absolute atomic E-state index is 11.9. The van der Waals surface area contributed by atoms with Gasteiger partial charge in [-0.3, -0.25) is 4.79 Å². The summed E-state index contributed by atoms with van der Waals surface area (Å²) in [6, 6.07) is 3.95. The van der Waals surface area contributed by atoms with Gasteiger partial charge in [-0.2, -0.15) is 0 Å². The van der Waals surface area contributed by atoms with Crippen LogP contribution in [-0.2, 0) is 16.1 Å². The van der Waals surface area contributed by atoms with Crippen LogP contribution < -0.4 is 5.32 Å². The van der Waals surface area contributed by atoms with Crippen LogP contribution in [0.5, 0.6) is 0 Å². The molecule has 0 radical (unpaired) electrons. The second-order valence-electron chi connectivity index (χ2n) is 5.51. The van der Waals surface area contributed by atoms with Gasteiger partial charge in [-0.15, -0.1) is 11.3 Å². The van der Waals surface area contributed by atoms with Gasteiger partial charge in [-0.1, -0.05) is 6.07 Å². The van der Waals surface area contributed by atoms with Crippen molar-refractivity contribution in [1.82, 2.24) is 10.2 Å². The van der Waals surface area contributed by atoms with Crippen LogP contribution in [0.2, 0.25) is 0 Å². The molecule has 1 aromatic heterocycles. The highest BCUT2D eigenvalue weighted by Crippen LogP contribution is 2.11. The molecule has 0 aliphatic carbocycles. The van der Waals surface area contributed by atoms with Gasteiger partial charge in [0.15, 0.2) is 0 Å². The quantitative estimate of drug-likeness (QED) is 0.909. The number of alkyl carbamates (subject to hydrolysis) is 1. The first-order valence-electron chi connectivity index (χ1n) is 6.51. The van der Waals surface area contributed by atoms with Crippen LogP contribution in [0.25, 0.3) is 0 Å². The zero-order chi connectivity index (χ0) is 15.2. The lowest BCUT2D eigenvalue weighted by atomic mass is 10.2. The van der Waals surface area contributed by atoms with Crippen molar-refractivity contribution in [3.8, 4) is 0 Å². The monoisotopic (exact) mass is 298 g/mol. The van der Waals surface area contributed by atoms with Crippen LogP contribution in [0.3, 0.4) is 0 Å². The molecule has 1 aromatic rings. The molecule has 1 rings (SSSR count). The normalized spacial score (nSPS) is 11.0. The fourth-order valence-electron chi connectivity index (χ4n) is 1.50. The Balaban J connectivity index is 2.24. The Hall–Kier alpha value is -1.56. The Morgan fingerprint density at radius 2 is 2.10 bits per heavy atom. The molecule has 6 heteroatoms. The van der Waals surface area contributed by atoms with Crippen LogP contribution in [0, 0.1) is 0 Å². The molecule has 5 nitrogen and oxygen atoms in total. The first-order valence-corrected chi connectivity index (χ1v) is 7.39. The third kappa shape index (κ3) is 6.56. The minimum atomic E-state index is -0.524. The minimum Gasteiger partial charge on any atom is -0.444 e. The van der Waals surface area contributed by atoms with E-state index in [4.69, 9.17) is 4.74 Å². The molecule has 0 fully saturated rings. The smallest absolute Gasteiger partial charge is 0.407 e. The average Bonchev–Trinajstić information content (AvgIpc) is 2.79. The number of rotatable bonds is 5. The van der Waals surface area contributed by atoms with E-state index >= 15 is 0 Å². The summed E-state index contributed by atoms with van der Waals surface area (Å²) in [7, 11) is 1.76. The summed E-state index contributed by atoms with van der Waals surface area (Å²) in [5.41, 5.74) is -0.524. The van der Waals surface area contributed by atoms with Crippen LogP contribution in [-0.4, -0.2) is 36.1 Å². The van der Waals surface area contributed by atoms with Gasteiger partial charge < -0.3 is 15.0 Å². The number of hydrogen-bond acceptors (Lipinski definition) is 4. The number of thiophene rings is 1. The number of ether oxygens (including phenoxy) is 1. The lowest BCUT2D eigenvalue weighted by Crippen LogP contribution is -2.35. The van der Waals surface area contributed by atoms with E-state index in [-0.39, 0.29) is 18.9 Å². The third-order valence-electron chi connectivity index (χ3n) is 2.41. The van der Waals surface area contributed by atoms with E-state index in [1.807, 2.05) is 17.5 Å². The minimum absolute atomic E-state index is 0.00513. The van der Waals surface area contributed by atoms with E-state index in [9.17, 15) is 9.59 Å². The van der Waals surface area contributed by atoms with Gasteiger partial charge in [-0.05, 0) is 32.2 Å². The molecule has 0 saturated carbocycles. The highest BCUT2D eigenvalue weighted by Gasteiger charge is 2.16. The van der Waals surface area contributed by atoms with Crippen molar-refractivity contribution in [2.75, 3.05) is 13.6 Å². The predicted molar refractivity (Wildman–Crippen MR) is 79.6 cm³/mol. The van der Waals surface area contributed by atoms with E-state index in [2.05, 4.69) is 5.32 Å². The summed E-state index contributed by atoms with van der Waals surface area (Å²) in [4.78, 5) is 26.1. The lowest BCUT2D eigenvalue weighted by Gasteiger charge is -2.20. The Labute approximate surface area is 123 Å². The van der Waals surface area contributed by atoms with Crippen molar-refractivity contribution < 1.29 is 14.3 Å². The molecule has 0 unspecified atom stereocenters. The second-order valence-corrected chi connectivity index (χ2v) is 6.54. The molecular formula is C14H22N2O3S. The molecule has 1 N–H and O–H groups in total. The van der Waals surface area contributed by atoms with E-state index in [0.717, 1.165) is 4.88 Å². The average molecular weight is 298 g/mol. The van der Waals surface area contributed by atoms with Crippen LogP contribution >= 0.6 is 11.3 Å². The van der Waals surface area contributed by atoms with Gasteiger partial charge in [0.2, 0.25) is 5.91 Å². The maximum Gasteiger partial charge on any atom is 0.407 e. The molecule has 0 aromatic carbocycles. The molecule has 20 heavy (non-hydrogen) atoms. The number of carbonyl (C=O) groups is 2. The zero-order valence-corrected chi connectivity index (χ0v) is 13.3. The van der Waals surface area contributed by atoms with E-state index < -0.39 is 11.7 Å². The first-order chi connectivity index (χ1) is 9.28. The third-order valence-corrected chi connectivity index (χ3v) is 3.27. The van der Waals surface area contributed by atoms with Crippen LogP contribution in [0.1, 0.15) is 32.1 Å². The summed E-state index contributed by atoms with van der Waals surface area (Å²) in [6.07, 6.45) is -0.229. The summed E-state index contributed by atoms with van der Waals surface area (Å²) < 4.78 is 5.09. The van der Waals surface area contributed by atoms with Crippen LogP contribution in [0.4, 0.5) is 4.79 Å². The topological polar surface area (TPSA) is 58.6 Å². The van der Waals surface area contributed by atoms with Crippen molar-refractivity contribution in [1.29, 1.82) is 0 Å². The molecule has 2 amide bonds. The molecule has 0 aliphatic rings. The standard InChI is InChI=1S/C14H22N2O3S/c1-14(2,3)19-13(18)15-8-7-12(17)16(4)10-11-6-5-9-20-11/h5-6,9H,7-8,10H2,1-4H3,(H,15,18). The van der Waals surface area contributed by atoms with Gasteiger partial charge in [0.1, 0.15) is 5.60 Å². The maximum atomic E-state index is 11.9. The molecule has 1 heterocycles. The Bertz CT molecular complexity index is 438. The van der Waals surface area contributed by atoms with Gasteiger partial charge in [0.25, 0.3) is 0 Å². The van der Waals surface area contributed by atoms with E-state index in [1.165, 1.54) is 0 Å². The highest BCUT2D eigenvalue weighted by atomic mass is 32.1. The molecular weight excluding hydrogens is 276 g/mol. The predicted octanol–water partition coefficient (Wildman–Crippen LogP) is 2.62. The molecule has 0 bridgehead atoms. The van der Waals surface area contributed by atoms with Crippen molar-refractivity contribution in [2.24, 2.45) is 0 Å². The van der Waals surface area contributed by atoms with Gasteiger partial charge in [-0.25, -0.2) is 4.79 Å². The summed E-state index contributed by atoms with van der Waals surface area (Å²) >= 11 is 1.62. The van der Waals surface area contributed by atoms with Gasteiger partial charge in [0, 0.05) is 24.9 Å². The zero-order valence-electron chi connectivity index (χ0n) is 12.4. The van der Waals surface area contributed by atoms with Gasteiger partial charge in [0.05, 0.1) is 6.54 Å². The Morgan fingerprint density at radius 3 is 2.65 bits per heavy atom. The number of amides is 2. The van der Waals surface area contributed by atoms with E-state index in [1.54, 1.807) is 44.1 Å². The summed E-state index contributed by atoms with van der Waals surface area (Å²) in [5, 5.41) is 4.56. The number of hydrogen-bond donors (Lipinski definition) is 1. The van der Waals surface area contributed by atoms with Crippen molar-refractivity contribution in [2.45, 2.75) is 39.3 Å². The fraction of sp³-hybridized carbons (Fsp3) is 0.571. The molecule has 0 aliphatic heterocycles. The van der Waals surface area contributed by atoms with E-state index in [0.29, 0.717) is 6.54 Å². The molecule has 0 atom stereocenters. The highest BCUT2D eigenvalue weighted by molar-refractivity contribution is 7.09. The van der Waals surface area contributed by atoms with Crippen molar-refractivity contribution >= 4 is 23.3 Å². The van der Waals surface area contributed by atoms with Crippen molar-refractivity contribution in [3.63, 3.8) is 0 Å². The number of nitrogens with one attached hydrogen (secondary N) is 1. The van der Waals surface area contributed by atoms with Crippen LogP contribution in [0.15, 0.2) is 17.5 Å². The summed E-state index contributed by atoms with van der Waals surface area (Å²) in [6.45, 7) is 6.27. The number of nitrogens with zero attached hydrogens (tertiary/aromatic N) is 1. The van der Waals surface area contributed by atoms with Gasteiger partial charge >= 0.3 is 6.09 Å². The molecule has 112 valence electrons. The summed E-state index contributed by atoms with van der Waals surface area (Å²) in [5.74, 6) is -0.00513. The van der Waals surface area contributed by atoms with Crippen molar-refractivity contribution in [3.05, 3.63) is 22.4 Å². The first kappa shape index (κ1) is 16.5. The second kappa shape index (κ2) is 7.28. The fourth-order valence-corrected chi connectivity index (χ4v) is 2.26. The number of carbonyl (C=O) groups excluding carboxylic acids is 2. The Morgan fingerprint density at radius 1 is 1.40 bits per heavy atom. The molecule has 0 saturated heterocycles. The molecule has 0 spiro atoms. The largest absolute Gasteiger partial charge is 0.444 e. The lowest BCUT2D eigenvalue weighted by molar-refractivity contribution is -0.130.